The predicted octanol–water partition coefficient (Wildman–Crippen LogP) is 7.18. The number of imidazole rings is 2. The van der Waals surface area contributed by atoms with Crippen LogP contribution in [-0.2, 0) is 19.1 Å². The third kappa shape index (κ3) is 8.44. The molecule has 2 saturated heterocycles. The third-order valence-electron chi connectivity index (χ3n) is 11.5. The van der Waals surface area contributed by atoms with Gasteiger partial charge in [0.2, 0.25) is 5.91 Å². The Morgan fingerprint density at radius 3 is 2.02 bits per heavy atom. The molecule has 4 heterocycles. The van der Waals surface area contributed by atoms with Crippen molar-refractivity contribution in [2.75, 3.05) is 20.2 Å². The van der Waals surface area contributed by atoms with E-state index in [4.69, 9.17) is 9.72 Å². The largest absolute Gasteiger partial charge is 0.465 e. The molecule has 2 aliphatic heterocycles. The van der Waals surface area contributed by atoms with Crippen molar-refractivity contribution in [2.24, 2.45) is 5.92 Å². The maximum atomic E-state index is 13.9. The van der Waals surface area contributed by atoms with Gasteiger partial charge in [0.05, 0.1) is 49.5 Å². The predicted molar refractivity (Wildman–Crippen MR) is 227 cm³/mol. The van der Waals surface area contributed by atoms with Crippen LogP contribution in [0.4, 0.5) is 9.59 Å². The van der Waals surface area contributed by atoms with Crippen LogP contribution in [0, 0.1) is 5.92 Å². The number of carbonyl (C=O) groups excluding carboxylic acids is 4. The molecule has 61 heavy (non-hydrogen) atoms. The molecule has 0 aliphatic carbocycles. The highest BCUT2D eigenvalue weighted by molar-refractivity contribution is 5.94. The summed E-state index contributed by atoms with van der Waals surface area (Å²) in [5.41, 5.74) is 6.12. The second-order valence-corrected chi connectivity index (χ2v) is 15.8. The van der Waals surface area contributed by atoms with Crippen molar-refractivity contribution < 1.29 is 33.8 Å². The summed E-state index contributed by atoms with van der Waals surface area (Å²) >= 11 is 0. The number of methoxy groups -OCH3 is 1. The Hall–Kier alpha value is -7.29. The number of carboxylic acid groups (broad SMARTS) is 1. The van der Waals surface area contributed by atoms with E-state index in [9.17, 15) is 29.1 Å². The van der Waals surface area contributed by atoms with Gasteiger partial charge in [-0.25, -0.2) is 19.6 Å². The van der Waals surface area contributed by atoms with Gasteiger partial charge in [0, 0.05) is 18.5 Å². The van der Waals surface area contributed by atoms with Crippen LogP contribution in [0.3, 0.4) is 0 Å². The summed E-state index contributed by atoms with van der Waals surface area (Å²) in [4.78, 5) is 82.7. The van der Waals surface area contributed by atoms with E-state index in [2.05, 4.69) is 55.9 Å². The smallest absolute Gasteiger partial charge is 0.407 e. The molecule has 0 bridgehead atoms. The highest BCUT2D eigenvalue weighted by Gasteiger charge is 2.41. The Balaban J connectivity index is 0.954. The monoisotopic (exact) mass is 822 g/mol. The van der Waals surface area contributed by atoms with Crippen LogP contribution in [0.1, 0.15) is 68.4 Å². The van der Waals surface area contributed by atoms with Gasteiger partial charge in [0.25, 0.3) is 5.91 Å². The first-order chi connectivity index (χ1) is 29.5. The number of alkyl carbamates (subject to hydrolysis) is 1. The van der Waals surface area contributed by atoms with E-state index in [1.807, 2.05) is 60.7 Å². The van der Waals surface area contributed by atoms with Crippen molar-refractivity contribution in [1.29, 1.82) is 0 Å². The zero-order valence-electron chi connectivity index (χ0n) is 33.9. The number of Topliss-reactive ketones (excluding diaryl/α,β-unsaturated/α-hetero) is 1. The molecule has 4 unspecified atom stereocenters. The van der Waals surface area contributed by atoms with Crippen LogP contribution >= 0.6 is 0 Å². The number of nitrogens with zero attached hydrogens (tertiary/aromatic N) is 4. The number of ketones is 1. The topological polar surface area (TPSA) is 203 Å². The molecule has 2 fully saturated rings. The van der Waals surface area contributed by atoms with E-state index in [0.717, 1.165) is 57.3 Å². The number of hydrogen-bond acceptors (Lipinski definition) is 8. The molecule has 4 atom stereocenters. The highest BCUT2D eigenvalue weighted by Crippen LogP contribution is 2.36. The summed E-state index contributed by atoms with van der Waals surface area (Å²) < 4.78 is 4.83. The van der Waals surface area contributed by atoms with E-state index in [1.165, 1.54) is 12.0 Å². The maximum Gasteiger partial charge on any atom is 0.407 e. The van der Waals surface area contributed by atoms with Gasteiger partial charge < -0.3 is 40.2 Å². The summed E-state index contributed by atoms with van der Waals surface area (Å²) in [7, 11) is 1.27. The molecule has 5 N–H and O–H groups in total. The molecule has 312 valence electrons. The van der Waals surface area contributed by atoms with Gasteiger partial charge in [-0.3, -0.25) is 14.4 Å². The lowest BCUT2D eigenvalue weighted by Gasteiger charge is -2.29. The average molecular weight is 823 g/mol. The maximum absolute atomic E-state index is 13.9. The molecular weight excluding hydrogens is 777 g/mol. The number of hydrogen-bond donors (Lipinski definition) is 5. The summed E-state index contributed by atoms with van der Waals surface area (Å²) in [5, 5.41) is 16.4. The molecule has 15 nitrogen and oxygen atoms in total. The van der Waals surface area contributed by atoms with E-state index in [-0.39, 0.29) is 36.6 Å². The zero-order valence-corrected chi connectivity index (χ0v) is 33.9. The van der Waals surface area contributed by atoms with Crippen molar-refractivity contribution in [3.05, 3.63) is 121 Å². The van der Waals surface area contributed by atoms with Crippen molar-refractivity contribution >= 4 is 40.6 Å². The number of likely N-dealkylation sites (tertiary alicyclic amines) is 2. The Kier molecular flexibility index (Phi) is 11.4. The van der Waals surface area contributed by atoms with Gasteiger partial charge in [-0.15, -0.1) is 0 Å². The van der Waals surface area contributed by atoms with Crippen LogP contribution in [0.25, 0.3) is 44.4 Å². The first-order valence-electron chi connectivity index (χ1n) is 20.2. The van der Waals surface area contributed by atoms with E-state index < -0.39 is 36.2 Å². The fourth-order valence-electron chi connectivity index (χ4n) is 8.32. The number of nitrogens with one attached hydrogen (secondary N) is 4. The molecule has 6 aromatic rings. The fourth-order valence-corrected chi connectivity index (χ4v) is 8.32. The Morgan fingerprint density at radius 2 is 1.36 bits per heavy atom. The molecule has 4 aromatic carbocycles. The third-order valence-corrected chi connectivity index (χ3v) is 11.5. The first kappa shape index (κ1) is 40.5. The lowest BCUT2D eigenvalue weighted by atomic mass is 9.98. The Labute approximate surface area is 351 Å². The molecule has 0 radical (unpaired) electrons. The number of aromatic nitrogens is 4. The van der Waals surface area contributed by atoms with Gasteiger partial charge in [-0.05, 0) is 63.9 Å². The minimum absolute atomic E-state index is 0.0954. The quantitative estimate of drug-likeness (QED) is 0.0897. The van der Waals surface area contributed by atoms with E-state index in [1.54, 1.807) is 31.1 Å². The normalized spacial score (nSPS) is 17.4. The van der Waals surface area contributed by atoms with E-state index >= 15 is 0 Å². The van der Waals surface area contributed by atoms with Crippen molar-refractivity contribution in [3.8, 4) is 33.6 Å². The molecule has 4 amide bonds. The van der Waals surface area contributed by atoms with Crippen LogP contribution in [0.15, 0.2) is 103 Å². The standard InChI is InChI=1S/C46H46N8O7/c1-26(2)39(51-45(58)59)43(56)54-25-34(55)22-38(54)42-48-23-35(49-42)28-13-11-27(12-14-28)30-15-16-32-21-33(18-17-31(32)20-30)36-24-47-41(50-36)37-10-7-19-53(37)44(57)40(52-46(60)61-3)29-8-5-4-6-9-29/h4-6,8-9,11-18,20-21,23-24,26,37-40,51H,7,10,19,22,25H2,1-3H3,(H,47,50)(H,48,49)(H,52,60)(H,58,59). The SMILES string of the molecule is COC(=O)NC(C(=O)N1CCCC1c1ncc(-c2ccc3cc(-c4ccc(-c5cnc(C6CC(=O)CN6C(=O)C(NC(=O)O)C(C)C)[nH]5)cc4)ccc3c2)[nH]1)c1ccccc1. The van der Waals surface area contributed by atoms with E-state index in [0.29, 0.717) is 23.8 Å². The number of benzene rings is 4. The molecule has 0 spiro atoms. The molecule has 2 aromatic heterocycles. The molecular formula is C46H46N8O7. The summed E-state index contributed by atoms with van der Waals surface area (Å²) in [6.07, 6.45) is 3.13. The van der Waals surface area contributed by atoms with Crippen molar-refractivity contribution in [1.82, 2.24) is 40.4 Å². The first-order valence-corrected chi connectivity index (χ1v) is 20.2. The van der Waals surface area contributed by atoms with Crippen LogP contribution < -0.4 is 10.6 Å². The Morgan fingerprint density at radius 1 is 0.754 bits per heavy atom. The molecule has 8 rings (SSSR count). The average Bonchev–Trinajstić information content (AvgIpc) is 4.11. The fraction of sp³-hybridized carbons (Fsp3) is 0.283. The van der Waals surface area contributed by atoms with Gasteiger partial charge in [-0.1, -0.05) is 92.7 Å². The lowest BCUT2D eigenvalue weighted by molar-refractivity contribution is -0.136. The molecule has 2 aliphatic rings. The number of ether oxygens (including phenoxy) is 1. The number of rotatable bonds is 11. The zero-order chi connectivity index (χ0) is 42.8. The minimum Gasteiger partial charge on any atom is -0.465 e. The van der Waals surface area contributed by atoms with Gasteiger partial charge in [0.1, 0.15) is 23.7 Å². The second kappa shape index (κ2) is 17.1. The minimum atomic E-state index is -1.30. The van der Waals surface area contributed by atoms with Gasteiger partial charge >= 0.3 is 12.2 Å². The summed E-state index contributed by atoms with van der Waals surface area (Å²) in [5.74, 6) is 0.0479. The van der Waals surface area contributed by atoms with Crippen LogP contribution in [-0.4, -0.2) is 90.9 Å². The Bertz CT molecular complexity index is 2600. The molecule has 15 heteroatoms. The summed E-state index contributed by atoms with van der Waals surface area (Å²) in [6.45, 7) is 3.94. The molecule has 0 saturated carbocycles. The number of H-pyrrole nitrogens is 2. The lowest BCUT2D eigenvalue weighted by Crippen LogP contribution is -2.51. The number of carbonyl (C=O) groups is 5. The number of amides is 4. The van der Waals surface area contributed by atoms with Gasteiger partial charge in [0.15, 0.2) is 5.78 Å². The van der Waals surface area contributed by atoms with Crippen molar-refractivity contribution in [3.63, 3.8) is 0 Å². The van der Waals surface area contributed by atoms with Crippen LogP contribution in [0.2, 0.25) is 0 Å². The van der Waals surface area contributed by atoms with Crippen LogP contribution in [0.5, 0.6) is 0 Å². The summed E-state index contributed by atoms with van der Waals surface area (Å²) in [6, 6.07) is 26.9. The van der Waals surface area contributed by atoms with Gasteiger partial charge in [-0.2, -0.15) is 0 Å². The number of aromatic amines is 2. The number of fused-ring (bicyclic) bond motifs is 1. The second-order valence-electron chi connectivity index (χ2n) is 15.8. The van der Waals surface area contributed by atoms with Crippen molar-refractivity contribution in [2.45, 2.75) is 57.3 Å². The highest BCUT2D eigenvalue weighted by atomic mass is 16.5.